The molecule has 0 aliphatic rings. The maximum atomic E-state index is 11.6. The summed E-state index contributed by atoms with van der Waals surface area (Å²) in [7, 11) is 0. The van der Waals surface area contributed by atoms with E-state index in [0.29, 0.717) is 11.5 Å². The molecule has 1 rings (SSSR count). The van der Waals surface area contributed by atoms with Gasteiger partial charge < -0.3 is 9.84 Å². The zero-order chi connectivity index (χ0) is 14.3. The summed E-state index contributed by atoms with van der Waals surface area (Å²) < 4.78 is 4.94. The maximum Gasteiger partial charge on any atom is 0.342 e. The van der Waals surface area contributed by atoms with Gasteiger partial charge in [0.05, 0.1) is 17.4 Å². The number of carbonyl (C=O) groups excluding carboxylic acids is 1. The summed E-state index contributed by atoms with van der Waals surface area (Å²) in [4.78, 5) is 22.3. The second kappa shape index (κ2) is 7.36. The zero-order valence-corrected chi connectivity index (χ0v) is 11.1. The van der Waals surface area contributed by atoms with E-state index in [2.05, 4.69) is 13.8 Å². The highest BCUT2D eigenvalue weighted by Crippen LogP contribution is 2.07. The number of esters is 1. The molecule has 1 aromatic rings. The normalized spacial score (nSPS) is 10.9. The molecule has 0 saturated carbocycles. The van der Waals surface area contributed by atoms with Crippen LogP contribution in [-0.4, -0.2) is 17.0 Å². The van der Waals surface area contributed by atoms with Crippen molar-refractivity contribution in [1.82, 2.24) is 0 Å². The standard InChI is InChI=1S/C15H18O4/c1-11(2)5-3-4-10-19-15(18)13-8-6-12(7-9-13)14(16)17/h4,6-11H,3,5H2,1-2H3,(H,16,17). The number of hydrogen-bond donors (Lipinski definition) is 1. The van der Waals surface area contributed by atoms with Gasteiger partial charge >= 0.3 is 11.9 Å². The summed E-state index contributed by atoms with van der Waals surface area (Å²) >= 11 is 0. The minimum absolute atomic E-state index is 0.143. The van der Waals surface area contributed by atoms with E-state index < -0.39 is 11.9 Å². The monoisotopic (exact) mass is 262 g/mol. The van der Waals surface area contributed by atoms with Crippen molar-refractivity contribution >= 4 is 11.9 Å². The van der Waals surface area contributed by atoms with E-state index in [-0.39, 0.29) is 5.56 Å². The molecule has 1 aromatic carbocycles. The van der Waals surface area contributed by atoms with Gasteiger partial charge in [0.25, 0.3) is 0 Å². The molecule has 0 radical (unpaired) electrons. The summed E-state index contributed by atoms with van der Waals surface area (Å²) in [5.74, 6) is -0.893. The Labute approximate surface area is 112 Å². The smallest absolute Gasteiger partial charge is 0.342 e. The van der Waals surface area contributed by atoms with Crippen LogP contribution in [0.15, 0.2) is 36.6 Å². The quantitative estimate of drug-likeness (QED) is 0.629. The van der Waals surface area contributed by atoms with Crippen molar-refractivity contribution in [1.29, 1.82) is 0 Å². The van der Waals surface area contributed by atoms with Crippen molar-refractivity contribution < 1.29 is 19.4 Å². The molecule has 0 aromatic heterocycles. The first-order valence-electron chi connectivity index (χ1n) is 6.20. The Kier molecular flexibility index (Phi) is 5.79. The fourth-order valence-electron chi connectivity index (χ4n) is 1.42. The van der Waals surface area contributed by atoms with Gasteiger partial charge in [0, 0.05) is 0 Å². The predicted molar refractivity (Wildman–Crippen MR) is 72.0 cm³/mol. The second-order valence-electron chi connectivity index (χ2n) is 4.63. The van der Waals surface area contributed by atoms with Gasteiger partial charge in [-0.2, -0.15) is 0 Å². The summed E-state index contributed by atoms with van der Waals surface area (Å²) in [6.45, 7) is 4.26. The van der Waals surface area contributed by atoms with Crippen LogP contribution in [0.2, 0.25) is 0 Å². The lowest BCUT2D eigenvalue weighted by atomic mass is 10.1. The molecule has 0 fully saturated rings. The van der Waals surface area contributed by atoms with E-state index in [4.69, 9.17) is 9.84 Å². The van der Waals surface area contributed by atoms with Crippen LogP contribution in [0.25, 0.3) is 0 Å². The Morgan fingerprint density at radius 3 is 2.32 bits per heavy atom. The Bertz CT molecular complexity index is 458. The van der Waals surface area contributed by atoms with E-state index in [1.54, 1.807) is 0 Å². The lowest BCUT2D eigenvalue weighted by Gasteiger charge is -2.01. The first-order chi connectivity index (χ1) is 9.00. The summed E-state index contributed by atoms with van der Waals surface area (Å²) in [5, 5.41) is 8.73. The van der Waals surface area contributed by atoms with Crippen LogP contribution < -0.4 is 0 Å². The third-order valence-electron chi connectivity index (χ3n) is 2.55. The van der Waals surface area contributed by atoms with E-state index in [1.165, 1.54) is 30.5 Å². The molecule has 1 N–H and O–H groups in total. The Morgan fingerprint density at radius 1 is 1.21 bits per heavy atom. The van der Waals surface area contributed by atoms with Crippen LogP contribution in [0.3, 0.4) is 0 Å². The molecule has 0 heterocycles. The Balaban J connectivity index is 2.47. The predicted octanol–water partition coefficient (Wildman–Crippen LogP) is 3.49. The number of benzene rings is 1. The lowest BCUT2D eigenvalue weighted by Crippen LogP contribution is -2.02. The summed E-state index contributed by atoms with van der Waals surface area (Å²) in [6.07, 6.45) is 5.10. The molecule has 102 valence electrons. The van der Waals surface area contributed by atoms with Gasteiger partial charge in [0.1, 0.15) is 0 Å². The molecule has 4 heteroatoms. The first-order valence-corrected chi connectivity index (χ1v) is 6.20. The van der Waals surface area contributed by atoms with Crippen LogP contribution in [0.4, 0.5) is 0 Å². The van der Waals surface area contributed by atoms with Gasteiger partial charge in [-0.05, 0) is 49.1 Å². The first kappa shape index (κ1) is 15.0. The van der Waals surface area contributed by atoms with E-state index in [9.17, 15) is 9.59 Å². The van der Waals surface area contributed by atoms with Crippen molar-refractivity contribution in [2.45, 2.75) is 26.7 Å². The number of carboxylic acids is 1. The van der Waals surface area contributed by atoms with Crippen LogP contribution >= 0.6 is 0 Å². The number of allylic oxidation sites excluding steroid dienone is 1. The molecule has 0 amide bonds. The minimum Gasteiger partial charge on any atom is -0.478 e. The number of carbonyl (C=O) groups is 2. The van der Waals surface area contributed by atoms with Gasteiger partial charge in [0.15, 0.2) is 0 Å². The van der Waals surface area contributed by atoms with Crippen molar-refractivity contribution in [3.8, 4) is 0 Å². The number of rotatable bonds is 6. The van der Waals surface area contributed by atoms with Crippen LogP contribution in [0.5, 0.6) is 0 Å². The molecule has 0 spiro atoms. The second-order valence-corrected chi connectivity index (χ2v) is 4.63. The van der Waals surface area contributed by atoms with Crippen molar-refractivity contribution in [2.24, 2.45) is 5.92 Å². The number of hydrogen-bond acceptors (Lipinski definition) is 3. The molecule has 0 aliphatic carbocycles. The fourth-order valence-corrected chi connectivity index (χ4v) is 1.42. The number of ether oxygens (including phenoxy) is 1. The average Bonchev–Trinajstić information content (AvgIpc) is 2.37. The van der Waals surface area contributed by atoms with Gasteiger partial charge in [0.2, 0.25) is 0 Å². The highest BCUT2D eigenvalue weighted by atomic mass is 16.5. The topological polar surface area (TPSA) is 63.6 Å². The molecule has 4 nitrogen and oxygen atoms in total. The van der Waals surface area contributed by atoms with E-state index in [1.807, 2.05) is 6.08 Å². The summed E-state index contributed by atoms with van der Waals surface area (Å²) in [6, 6.07) is 5.63. The van der Waals surface area contributed by atoms with Crippen molar-refractivity contribution in [3.05, 3.63) is 47.7 Å². The largest absolute Gasteiger partial charge is 0.478 e. The van der Waals surface area contributed by atoms with Gasteiger partial charge in [-0.25, -0.2) is 9.59 Å². The average molecular weight is 262 g/mol. The summed E-state index contributed by atoms with van der Waals surface area (Å²) in [5.41, 5.74) is 0.475. The molecule has 0 aliphatic heterocycles. The van der Waals surface area contributed by atoms with E-state index in [0.717, 1.165) is 12.8 Å². The fraction of sp³-hybridized carbons (Fsp3) is 0.333. The highest BCUT2D eigenvalue weighted by molar-refractivity contribution is 5.92. The van der Waals surface area contributed by atoms with Crippen LogP contribution in [0, 0.1) is 5.92 Å². The Morgan fingerprint density at radius 2 is 1.79 bits per heavy atom. The van der Waals surface area contributed by atoms with Crippen LogP contribution in [-0.2, 0) is 4.74 Å². The number of aromatic carboxylic acids is 1. The van der Waals surface area contributed by atoms with Crippen molar-refractivity contribution in [3.63, 3.8) is 0 Å². The van der Waals surface area contributed by atoms with Gasteiger partial charge in [-0.15, -0.1) is 0 Å². The molecule has 19 heavy (non-hydrogen) atoms. The van der Waals surface area contributed by atoms with Gasteiger partial charge in [-0.3, -0.25) is 0 Å². The number of carboxylic acid groups (broad SMARTS) is 1. The molecular formula is C15H18O4. The maximum absolute atomic E-state index is 11.6. The third-order valence-corrected chi connectivity index (χ3v) is 2.55. The third kappa shape index (κ3) is 5.38. The van der Waals surface area contributed by atoms with Gasteiger partial charge in [-0.1, -0.05) is 13.8 Å². The molecule has 0 unspecified atom stereocenters. The van der Waals surface area contributed by atoms with E-state index >= 15 is 0 Å². The lowest BCUT2D eigenvalue weighted by molar-refractivity contribution is 0.0656. The van der Waals surface area contributed by atoms with Crippen molar-refractivity contribution in [2.75, 3.05) is 0 Å². The SMILES string of the molecule is CC(C)CCC=COC(=O)c1ccc(C(=O)O)cc1. The minimum atomic E-state index is -1.02. The highest BCUT2D eigenvalue weighted by Gasteiger charge is 2.07. The zero-order valence-electron chi connectivity index (χ0n) is 11.1. The Hall–Kier alpha value is -2.10. The molecule has 0 bridgehead atoms. The molecule has 0 atom stereocenters. The molecular weight excluding hydrogens is 244 g/mol. The molecule has 0 saturated heterocycles. The van der Waals surface area contributed by atoms with Crippen LogP contribution in [0.1, 0.15) is 47.4 Å².